The van der Waals surface area contributed by atoms with Crippen molar-refractivity contribution in [1.29, 1.82) is 5.26 Å². The normalized spacial score (nSPS) is 28.1. The summed E-state index contributed by atoms with van der Waals surface area (Å²) >= 11 is 0. The molecule has 3 amide bonds. The molecule has 0 bridgehead atoms. The maximum Gasteiger partial charge on any atom is 0.264 e. The summed E-state index contributed by atoms with van der Waals surface area (Å²) in [5.41, 5.74) is 0.0380. The van der Waals surface area contributed by atoms with Gasteiger partial charge in [0.15, 0.2) is 5.60 Å². The molecule has 2 saturated heterocycles. The molecule has 5 atom stereocenters. The second-order valence-electron chi connectivity index (χ2n) is 11.4. The summed E-state index contributed by atoms with van der Waals surface area (Å²) in [4.78, 5) is 41.5. The van der Waals surface area contributed by atoms with Gasteiger partial charge in [-0.15, -0.1) is 0 Å². The second kappa shape index (κ2) is 9.66. The van der Waals surface area contributed by atoms with Gasteiger partial charge in [-0.25, -0.2) is 8.78 Å². The fraction of sp³-hybridized carbons (Fsp3) is 0.467. The predicted molar refractivity (Wildman–Crippen MR) is 139 cm³/mol. The SMILES string of the molecule is N#C[C@@H](C[C@@H]1CCCNC1=O)NC(=O)[C@@H]1[C@@H]2CC(F)(F)C[C@@H]2CN1C(=O)C1(O)c2ccccc2-c2ccccc21. The first-order valence-electron chi connectivity index (χ1n) is 13.7. The van der Waals surface area contributed by atoms with E-state index in [1.807, 2.05) is 18.2 Å². The molecule has 40 heavy (non-hydrogen) atoms. The largest absolute Gasteiger partial charge is 0.372 e. The number of hydrogen-bond acceptors (Lipinski definition) is 5. The van der Waals surface area contributed by atoms with E-state index in [0.29, 0.717) is 35.2 Å². The third-order valence-corrected chi connectivity index (χ3v) is 9.03. The van der Waals surface area contributed by atoms with Gasteiger partial charge < -0.3 is 20.6 Å². The lowest BCUT2D eigenvalue weighted by Crippen LogP contribution is -2.56. The Labute approximate surface area is 230 Å². The Morgan fingerprint density at radius 1 is 1.12 bits per heavy atom. The molecular formula is C30H30F2N4O4. The van der Waals surface area contributed by atoms with Gasteiger partial charge in [0.05, 0.1) is 6.07 Å². The molecule has 208 valence electrons. The third kappa shape index (κ3) is 4.15. The summed E-state index contributed by atoms with van der Waals surface area (Å²) in [6.07, 6.45) is 0.405. The molecule has 10 heteroatoms. The number of fused-ring (bicyclic) bond motifs is 4. The summed E-state index contributed by atoms with van der Waals surface area (Å²) < 4.78 is 29.0. The number of hydrogen-bond donors (Lipinski definition) is 3. The predicted octanol–water partition coefficient (Wildman–Crippen LogP) is 2.70. The molecule has 0 radical (unpaired) electrons. The van der Waals surface area contributed by atoms with Crippen LogP contribution in [0.3, 0.4) is 0 Å². The molecule has 0 aromatic heterocycles. The molecule has 4 aliphatic rings. The van der Waals surface area contributed by atoms with Gasteiger partial charge in [-0.2, -0.15) is 5.26 Å². The molecule has 2 aliphatic carbocycles. The highest BCUT2D eigenvalue weighted by atomic mass is 19.3. The van der Waals surface area contributed by atoms with E-state index in [2.05, 4.69) is 10.6 Å². The van der Waals surface area contributed by atoms with E-state index in [-0.39, 0.29) is 18.9 Å². The van der Waals surface area contributed by atoms with E-state index < -0.39 is 66.0 Å². The van der Waals surface area contributed by atoms with E-state index in [4.69, 9.17) is 0 Å². The van der Waals surface area contributed by atoms with Crippen LogP contribution in [-0.2, 0) is 20.0 Å². The molecule has 2 aromatic carbocycles. The number of benzene rings is 2. The molecule has 2 aliphatic heterocycles. The van der Waals surface area contributed by atoms with Gasteiger partial charge in [0.2, 0.25) is 17.7 Å². The van der Waals surface area contributed by atoms with Crippen LogP contribution in [-0.4, -0.2) is 58.8 Å². The molecule has 0 spiro atoms. The van der Waals surface area contributed by atoms with Gasteiger partial charge in [-0.05, 0) is 42.2 Å². The Morgan fingerprint density at radius 2 is 1.77 bits per heavy atom. The number of nitriles is 1. The minimum Gasteiger partial charge on any atom is -0.372 e. The second-order valence-corrected chi connectivity index (χ2v) is 11.4. The van der Waals surface area contributed by atoms with E-state index >= 15 is 0 Å². The van der Waals surface area contributed by atoms with Gasteiger partial charge in [-0.1, -0.05) is 48.5 Å². The maximum absolute atomic E-state index is 14.5. The molecule has 8 nitrogen and oxygen atoms in total. The number of piperidine rings is 1. The quantitative estimate of drug-likeness (QED) is 0.531. The van der Waals surface area contributed by atoms with Gasteiger partial charge in [0.1, 0.15) is 12.1 Å². The molecule has 3 N–H and O–H groups in total. The molecular weight excluding hydrogens is 518 g/mol. The van der Waals surface area contributed by atoms with Gasteiger partial charge in [0.25, 0.3) is 5.91 Å². The van der Waals surface area contributed by atoms with Crippen molar-refractivity contribution >= 4 is 17.7 Å². The molecule has 6 rings (SSSR count). The monoisotopic (exact) mass is 548 g/mol. The van der Waals surface area contributed by atoms with Gasteiger partial charge in [0, 0.05) is 43.0 Å². The minimum absolute atomic E-state index is 0.0870. The maximum atomic E-state index is 14.5. The molecule has 3 fully saturated rings. The first-order chi connectivity index (χ1) is 19.1. The zero-order chi connectivity index (χ0) is 28.2. The standard InChI is InChI=1S/C30H30F2N4O4/c31-29(32)13-18-16-36(28(39)30(40)23-9-3-1-7-20(23)21-8-2-4-10-24(21)30)25(22(18)14-29)27(38)35-19(15-33)12-17-6-5-11-34-26(17)37/h1-4,7-10,17-19,22,25,40H,5-6,11-14,16H2,(H,34,37)(H,35,38)/t17-,18+,19+,22+,25-/m0/s1. The van der Waals surface area contributed by atoms with Crippen LogP contribution in [0.25, 0.3) is 11.1 Å². The summed E-state index contributed by atoms with van der Waals surface area (Å²) in [7, 11) is 0. The number of carbonyl (C=O) groups is 3. The third-order valence-electron chi connectivity index (χ3n) is 9.03. The Kier molecular flexibility index (Phi) is 6.37. The van der Waals surface area contributed by atoms with Crippen LogP contribution in [0.15, 0.2) is 48.5 Å². The van der Waals surface area contributed by atoms with Crippen LogP contribution in [0.5, 0.6) is 0 Å². The van der Waals surface area contributed by atoms with Crippen molar-refractivity contribution in [3.63, 3.8) is 0 Å². The first kappa shape index (κ1) is 26.4. The van der Waals surface area contributed by atoms with E-state index in [1.54, 1.807) is 36.4 Å². The highest BCUT2D eigenvalue weighted by molar-refractivity contribution is 6.01. The molecule has 2 aromatic rings. The van der Waals surface area contributed by atoms with E-state index in [9.17, 15) is 33.5 Å². The highest BCUT2D eigenvalue weighted by Crippen LogP contribution is 2.53. The number of alkyl halides is 2. The number of nitrogens with one attached hydrogen (secondary N) is 2. The number of aliphatic hydroxyl groups is 1. The van der Waals surface area contributed by atoms with Gasteiger partial charge in [-0.3, -0.25) is 14.4 Å². The van der Waals surface area contributed by atoms with Crippen LogP contribution in [0.1, 0.15) is 43.2 Å². The van der Waals surface area contributed by atoms with Crippen molar-refractivity contribution in [3.05, 3.63) is 59.7 Å². The van der Waals surface area contributed by atoms with Crippen molar-refractivity contribution in [2.45, 2.75) is 55.7 Å². The van der Waals surface area contributed by atoms with Crippen molar-refractivity contribution in [3.8, 4) is 17.2 Å². The van der Waals surface area contributed by atoms with Crippen LogP contribution in [0, 0.1) is 29.1 Å². The summed E-state index contributed by atoms with van der Waals surface area (Å²) in [6, 6.07) is 13.7. The topological polar surface area (TPSA) is 123 Å². The number of rotatable bonds is 5. The minimum atomic E-state index is -2.97. The molecule has 0 unspecified atom stereocenters. The number of likely N-dealkylation sites (tertiary alicyclic amines) is 1. The number of amides is 3. The highest BCUT2D eigenvalue weighted by Gasteiger charge is 2.61. The lowest BCUT2D eigenvalue weighted by Gasteiger charge is -2.35. The fourth-order valence-corrected chi connectivity index (χ4v) is 7.24. The van der Waals surface area contributed by atoms with Crippen LogP contribution in [0.2, 0.25) is 0 Å². The molecule has 2 heterocycles. The first-order valence-corrected chi connectivity index (χ1v) is 13.7. The summed E-state index contributed by atoms with van der Waals surface area (Å²) in [6.45, 7) is 0.455. The molecule has 1 saturated carbocycles. The van der Waals surface area contributed by atoms with Crippen LogP contribution < -0.4 is 10.6 Å². The van der Waals surface area contributed by atoms with Crippen molar-refractivity contribution in [2.24, 2.45) is 17.8 Å². The van der Waals surface area contributed by atoms with Crippen LogP contribution >= 0.6 is 0 Å². The zero-order valence-electron chi connectivity index (χ0n) is 21.8. The summed E-state index contributed by atoms with van der Waals surface area (Å²) in [5.74, 6) is -6.53. The Balaban J connectivity index is 1.32. The Morgan fingerprint density at radius 3 is 2.40 bits per heavy atom. The smallest absolute Gasteiger partial charge is 0.264 e. The van der Waals surface area contributed by atoms with Crippen molar-refractivity contribution < 1.29 is 28.3 Å². The Bertz CT molecular complexity index is 1380. The van der Waals surface area contributed by atoms with Crippen LogP contribution in [0.4, 0.5) is 8.78 Å². The number of carbonyl (C=O) groups excluding carboxylic acids is 3. The summed E-state index contributed by atoms with van der Waals surface area (Å²) in [5, 5.41) is 27.3. The zero-order valence-corrected chi connectivity index (χ0v) is 21.8. The average molecular weight is 549 g/mol. The van der Waals surface area contributed by atoms with Crippen molar-refractivity contribution in [1.82, 2.24) is 15.5 Å². The number of halogens is 2. The lowest BCUT2D eigenvalue weighted by atomic mass is 9.88. The van der Waals surface area contributed by atoms with E-state index in [1.165, 1.54) is 4.90 Å². The van der Waals surface area contributed by atoms with E-state index in [0.717, 1.165) is 6.42 Å². The average Bonchev–Trinajstić information content (AvgIpc) is 3.53. The fourth-order valence-electron chi connectivity index (χ4n) is 7.24. The van der Waals surface area contributed by atoms with Gasteiger partial charge >= 0.3 is 0 Å². The van der Waals surface area contributed by atoms with Crippen molar-refractivity contribution in [2.75, 3.05) is 13.1 Å². The lowest BCUT2D eigenvalue weighted by molar-refractivity contribution is -0.153. The Hall–Kier alpha value is -3.84. The number of nitrogens with zero attached hydrogens (tertiary/aromatic N) is 2.